The van der Waals surface area contributed by atoms with Gasteiger partial charge in [0.25, 0.3) is 5.56 Å². The molecule has 6 rings (SSSR count). The number of halogens is 3. The lowest BCUT2D eigenvalue weighted by Gasteiger charge is -2.13. The standard InChI is InChI=1S/C27H18Cl3N5O/c1-2-22-33-25-23(27(36)34(22)14-15-7-9-16(28)10-8-15)24-26(32-21-6-4-3-5-20(21)31-24)35(25)19-12-17(29)11-18(30)13-19/h3-13H,2,14H2,1H3. The quantitative estimate of drug-likeness (QED) is 0.248. The molecule has 36 heavy (non-hydrogen) atoms. The van der Waals surface area contributed by atoms with Gasteiger partial charge in [-0.1, -0.05) is 66.0 Å². The van der Waals surface area contributed by atoms with Gasteiger partial charge < -0.3 is 0 Å². The van der Waals surface area contributed by atoms with E-state index in [0.717, 1.165) is 5.56 Å². The van der Waals surface area contributed by atoms with Crippen LogP contribution < -0.4 is 5.56 Å². The minimum atomic E-state index is -0.187. The predicted octanol–water partition coefficient (Wildman–Crippen LogP) is 6.85. The smallest absolute Gasteiger partial charge is 0.265 e. The summed E-state index contributed by atoms with van der Waals surface area (Å²) in [6.45, 7) is 2.33. The summed E-state index contributed by atoms with van der Waals surface area (Å²) in [5, 5.41) is 1.97. The molecule has 0 saturated heterocycles. The van der Waals surface area contributed by atoms with Crippen LogP contribution in [0.1, 0.15) is 18.3 Å². The molecule has 0 spiro atoms. The van der Waals surface area contributed by atoms with Crippen LogP contribution >= 0.6 is 34.8 Å². The van der Waals surface area contributed by atoms with Gasteiger partial charge in [0.05, 0.1) is 23.3 Å². The van der Waals surface area contributed by atoms with Crippen molar-refractivity contribution in [1.29, 1.82) is 0 Å². The molecule has 0 aliphatic carbocycles. The molecule has 0 radical (unpaired) electrons. The molecule has 0 atom stereocenters. The van der Waals surface area contributed by atoms with Gasteiger partial charge in [-0.15, -0.1) is 0 Å². The summed E-state index contributed by atoms with van der Waals surface area (Å²) in [6, 6.07) is 20.2. The van der Waals surface area contributed by atoms with Crippen molar-refractivity contribution in [2.75, 3.05) is 0 Å². The molecule has 6 nitrogen and oxygen atoms in total. The van der Waals surface area contributed by atoms with Crippen LogP contribution in [0, 0.1) is 0 Å². The molecule has 6 aromatic rings. The van der Waals surface area contributed by atoms with E-state index in [4.69, 9.17) is 49.8 Å². The summed E-state index contributed by atoms with van der Waals surface area (Å²) in [6.07, 6.45) is 0.555. The summed E-state index contributed by atoms with van der Waals surface area (Å²) in [5.74, 6) is 0.643. The number of nitrogens with zero attached hydrogens (tertiary/aromatic N) is 5. The van der Waals surface area contributed by atoms with E-state index in [1.807, 2.05) is 60.0 Å². The molecule has 3 heterocycles. The molecular formula is C27H18Cl3N5O. The van der Waals surface area contributed by atoms with Gasteiger partial charge in [-0.2, -0.15) is 0 Å². The number of hydrogen-bond acceptors (Lipinski definition) is 4. The first-order valence-corrected chi connectivity index (χ1v) is 12.5. The van der Waals surface area contributed by atoms with Crippen LogP contribution in [0.3, 0.4) is 0 Å². The Morgan fingerprint density at radius 1 is 0.778 bits per heavy atom. The van der Waals surface area contributed by atoms with E-state index in [-0.39, 0.29) is 5.56 Å². The van der Waals surface area contributed by atoms with E-state index in [1.165, 1.54) is 0 Å². The van der Waals surface area contributed by atoms with Gasteiger partial charge in [-0.05, 0) is 48.0 Å². The zero-order valence-electron chi connectivity index (χ0n) is 19.0. The van der Waals surface area contributed by atoms with Crippen molar-refractivity contribution >= 4 is 68.0 Å². The maximum Gasteiger partial charge on any atom is 0.265 e. The summed E-state index contributed by atoms with van der Waals surface area (Å²) in [7, 11) is 0. The van der Waals surface area contributed by atoms with Crippen LogP contribution in [0.4, 0.5) is 0 Å². The van der Waals surface area contributed by atoms with Crippen LogP contribution in [0.15, 0.2) is 71.5 Å². The summed E-state index contributed by atoms with van der Waals surface area (Å²) < 4.78 is 3.51. The first kappa shape index (κ1) is 23.0. The van der Waals surface area contributed by atoms with Crippen LogP contribution in [0.5, 0.6) is 0 Å². The topological polar surface area (TPSA) is 65.6 Å². The van der Waals surface area contributed by atoms with E-state index in [0.29, 0.717) is 72.8 Å². The first-order chi connectivity index (χ1) is 17.4. The van der Waals surface area contributed by atoms with Crippen LogP contribution in [-0.4, -0.2) is 24.1 Å². The highest BCUT2D eigenvalue weighted by molar-refractivity contribution is 6.35. The lowest BCUT2D eigenvalue weighted by Crippen LogP contribution is -2.26. The van der Waals surface area contributed by atoms with Crippen molar-refractivity contribution in [3.05, 3.63) is 104 Å². The first-order valence-electron chi connectivity index (χ1n) is 11.3. The number of benzene rings is 3. The zero-order valence-corrected chi connectivity index (χ0v) is 21.3. The minimum Gasteiger partial charge on any atom is -0.291 e. The molecule has 0 aliphatic heterocycles. The highest BCUT2D eigenvalue weighted by Crippen LogP contribution is 2.31. The van der Waals surface area contributed by atoms with E-state index >= 15 is 0 Å². The van der Waals surface area contributed by atoms with E-state index in [2.05, 4.69) is 0 Å². The van der Waals surface area contributed by atoms with Crippen LogP contribution in [0.2, 0.25) is 15.1 Å². The number of aromatic nitrogens is 5. The molecule has 0 saturated carbocycles. The Morgan fingerprint density at radius 2 is 1.44 bits per heavy atom. The molecule has 0 unspecified atom stereocenters. The molecule has 9 heteroatoms. The van der Waals surface area contributed by atoms with Crippen molar-refractivity contribution in [3.63, 3.8) is 0 Å². The van der Waals surface area contributed by atoms with E-state index in [1.54, 1.807) is 22.8 Å². The summed E-state index contributed by atoms with van der Waals surface area (Å²) in [5.41, 5.74) is 4.26. The van der Waals surface area contributed by atoms with Gasteiger partial charge in [-0.3, -0.25) is 13.9 Å². The Balaban J connectivity index is 1.74. The molecule has 0 amide bonds. The second kappa shape index (κ2) is 8.89. The Hall–Kier alpha value is -3.45. The SMILES string of the molecule is CCc1nc2c(c(=O)n1Cc1ccc(Cl)cc1)c1nc3ccccc3nc1n2-c1cc(Cl)cc(Cl)c1. The average molecular weight is 535 g/mol. The van der Waals surface area contributed by atoms with Crippen LogP contribution in [-0.2, 0) is 13.0 Å². The Bertz CT molecular complexity index is 1840. The number of para-hydroxylation sites is 2. The molecular weight excluding hydrogens is 517 g/mol. The number of hydrogen-bond donors (Lipinski definition) is 0. The third kappa shape index (κ3) is 3.82. The molecule has 178 valence electrons. The number of fused-ring (bicyclic) bond motifs is 4. The lowest BCUT2D eigenvalue weighted by molar-refractivity contribution is 0.685. The van der Waals surface area contributed by atoms with E-state index in [9.17, 15) is 4.79 Å². The predicted molar refractivity (Wildman–Crippen MR) is 146 cm³/mol. The fraction of sp³-hybridized carbons (Fsp3) is 0.111. The summed E-state index contributed by atoms with van der Waals surface area (Å²) in [4.78, 5) is 28.8. The van der Waals surface area contributed by atoms with Crippen molar-refractivity contribution in [2.45, 2.75) is 19.9 Å². The van der Waals surface area contributed by atoms with Gasteiger partial charge in [0.1, 0.15) is 16.7 Å². The fourth-order valence-electron chi connectivity index (χ4n) is 4.49. The number of rotatable bonds is 4. The van der Waals surface area contributed by atoms with Crippen LogP contribution in [0.25, 0.3) is 38.9 Å². The van der Waals surface area contributed by atoms with Gasteiger partial charge in [0.2, 0.25) is 0 Å². The monoisotopic (exact) mass is 533 g/mol. The van der Waals surface area contributed by atoms with Crippen molar-refractivity contribution in [3.8, 4) is 5.69 Å². The van der Waals surface area contributed by atoms with Crippen molar-refractivity contribution in [2.24, 2.45) is 0 Å². The maximum atomic E-state index is 14.1. The fourth-order valence-corrected chi connectivity index (χ4v) is 5.13. The second-order valence-electron chi connectivity index (χ2n) is 8.45. The van der Waals surface area contributed by atoms with E-state index < -0.39 is 0 Å². The van der Waals surface area contributed by atoms with Crippen molar-refractivity contribution < 1.29 is 0 Å². The third-order valence-electron chi connectivity index (χ3n) is 6.12. The minimum absolute atomic E-state index is 0.187. The molecule has 0 bridgehead atoms. The molecule has 0 N–H and O–H groups in total. The molecule has 0 aliphatic rings. The third-order valence-corrected chi connectivity index (χ3v) is 6.81. The molecule has 3 aromatic heterocycles. The Morgan fingerprint density at radius 3 is 2.11 bits per heavy atom. The Labute approximate surface area is 220 Å². The highest BCUT2D eigenvalue weighted by atomic mass is 35.5. The highest BCUT2D eigenvalue weighted by Gasteiger charge is 2.23. The molecule has 0 fully saturated rings. The van der Waals surface area contributed by atoms with Gasteiger partial charge >= 0.3 is 0 Å². The normalized spacial score (nSPS) is 11.7. The van der Waals surface area contributed by atoms with Crippen molar-refractivity contribution in [1.82, 2.24) is 24.1 Å². The Kier molecular flexibility index (Phi) is 5.67. The van der Waals surface area contributed by atoms with Gasteiger partial charge in [0.15, 0.2) is 11.3 Å². The van der Waals surface area contributed by atoms with Gasteiger partial charge in [-0.25, -0.2) is 15.0 Å². The maximum absolute atomic E-state index is 14.1. The summed E-state index contributed by atoms with van der Waals surface area (Å²) >= 11 is 18.8. The average Bonchev–Trinajstić information content (AvgIpc) is 3.17. The molecule has 3 aromatic carbocycles. The second-order valence-corrected chi connectivity index (χ2v) is 9.75. The zero-order chi connectivity index (χ0) is 25.0. The largest absolute Gasteiger partial charge is 0.291 e. The number of aryl methyl sites for hydroxylation is 1. The lowest BCUT2D eigenvalue weighted by atomic mass is 10.2. The van der Waals surface area contributed by atoms with Gasteiger partial charge in [0, 0.05) is 21.5 Å².